The molecule has 2 saturated heterocycles. The fraction of sp³-hybridized carbons (Fsp3) is 0.196. The van der Waals surface area contributed by atoms with E-state index in [0.29, 0.717) is 27.8 Å². The number of carbonyl (C=O) groups excluding carboxylic acids is 2. The first-order valence-corrected chi connectivity index (χ1v) is 21.9. The van der Waals surface area contributed by atoms with Crippen LogP contribution in [0, 0.1) is 17.5 Å². The maximum atomic E-state index is 17.4. The average molecular weight is 898 g/mol. The van der Waals surface area contributed by atoms with Gasteiger partial charge < -0.3 is 29.8 Å². The van der Waals surface area contributed by atoms with Crippen LogP contribution in [0.4, 0.5) is 33.6 Å². The molecule has 10 nitrogen and oxygen atoms in total. The van der Waals surface area contributed by atoms with Gasteiger partial charge in [0, 0.05) is 62.9 Å². The first-order chi connectivity index (χ1) is 30.2. The summed E-state index contributed by atoms with van der Waals surface area (Å²) in [6.45, 7) is 0.223. The molecular formula is C46H34ClF5N5O5P. The lowest BCUT2D eigenvalue weighted by molar-refractivity contribution is -0.599. The number of alkyl halides is 2. The molecule has 63 heavy (non-hydrogen) atoms. The number of halogens is 6. The number of rotatable bonds is 11. The highest BCUT2D eigenvalue weighted by atomic mass is 35.5. The van der Waals surface area contributed by atoms with Gasteiger partial charge >= 0.3 is 0 Å². The lowest BCUT2D eigenvalue weighted by Crippen LogP contribution is -2.48. The van der Waals surface area contributed by atoms with Crippen molar-refractivity contribution in [1.29, 1.82) is 0 Å². The molecular weight excluding hydrogens is 864 g/mol. The van der Waals surface area contributed by atoms with E-state index in [1.54, 1.807) is 88.4 Å². The van der Waals surface area contributed by atoms with Crippen molar-refractivity contribution in [3.63, 3.8) is 0 Å². The monoisotopic (exact) mass is 897 g/mol. The molecule has 5 aromatic rings. The number of hydrogen-bond donors (Lipinski definition) is 1. The fourth-order valence-corrected chi connectivity index (χ4v) is 11.5. The Labute approximate surface area is 361 Å². The van der Waals surface area contributed by atoms with Crippen LogP contribution >= 0.6 is 18.7 Å². The van der Waals surface area contributed by atoms with Gasteiger partial charge in [0.1, 0.15) is 23.7 Å². The van der Waals surface area contributed by atoms with Gasteiger partial charge in [0.2, 0.25) is 23.7 Å². The summed E-state index contributed by atoms with van der Waals surface area (Å²) in [4.78, 5) is 36.1. The van der Waals surface area contributed by atoms with Crippen LogP contribution in [0.3, 0.4) is 0 Å². The van der Waals surface area contributed by atoms with E-state index in [2.05, 4.69) is 9.97 Å². The van der Waals surface area contributed by atoms with Crippen molar-refractivity contribution in [2.75, 3.05) is 36.8 Å². The maximum Gasteiger partial charge on any atom is 0.224 e. The zero-order chi connectivity index (χ0) is 44.3. The maximum absolute atomic E-state index is 17.4. The molecule has 4 aromatic carbocycles. The molecule has 0 saturated carbocycles. The van der Waals surface area contributed by atoms with Crippen LogP contribution in [-0.2, 0) is 17.6 Å². The summed E-state index contributed by atoms with van der Waals surface area (Å²) in [5, 5.41) is 13.4. The number of aromatic nitrogens is 2. The van der Waals surface area contributed by atoms with Gasteiger partial charge in [0.15, 0.2) is 37.6 Å². The van der Waals surface area contributed by atoms with Crippen LogP contribution in [0.2, 0.25) is 5.15 Å². The summed E-state index contributed by atoms with van der Waals surface area (Å²) in [7, 11) is -4.02. The number of aryl methyl sites for hydroxylation is 1. The smallest absolute Gasteiger partial charge is 0.224 e. The fourth-order valence-electron chi connectivity index (χ4n) is 8.27. The molecule has 4 aliphatic rings. The number of nitrogen functional groups attached to an aromatic ring is 1. The second-order valence-electron chi connectivity index (χ2n) is 15.5. The summed E-state index contributed by atoms with van der Waals surface area (Å²) in [6, 6.07) is 21.0. The van der Waals surface area contributed by atoms with Gasteiger partial charge in [-0.2, -0.15) is 4.98 Å². The molecule has 0 amide bonds. The number of ether oxygens (including phenoxy) is 1. The van der Waals surface area contributed by atoms with E-state index < -0.39 is 71.8 Å². The van der Waals surface area contributed by atoms with Crippen molar-refractivity contribution in [2.24, 2.45) is 0 Å². The molecule has 0 radical (unpaired) electrons. The third-order valence-corrected chi connectivity index (χ3v) is 14.8. The van der Waals surface area contributed by atoms with Gasteiger partial charge in [-0.15, -0.1) is 0 Å². The number of ketones is 1. The van der Waals surface area contributed by atoms with Crippen LogP contribution in [0.5, 0.6) is 5.88 Å². The number of carbonyl (C=O) groups is 2. The Morgan fingerprint density at radius 2 is 1.59 bits per heavy atom. The Morgan fingerprint density at radius 1 is 0.889 bits per heavy atom. The van der Waals surface area contributed by atoms with E-state index in [0.717, 1.165) is 0 Å². The predicted octanol–water partition coefficient (Wildman–Crippen LogP) is 6.43. The minimum atomic E-state index is -4.02. The Bertz CT molecular complexity index is 2910. The quantitative estimate of drug-likeness (QED) is 0.0397. The molecule has 2 N–H and O–H groups in total. The standard InChI is InChI=1S/C46H34ClF5N5O5P/c47-36-18-37(55-46(53)54-36)62-23-25-8-6-24(7-9-25)10-15-33(58)39-42(50)40(41(45(59)60)44(52)43(39)51)38-31-13-11-28(56-19-26(48)20-56)16-34(31)63(61,30-4-2-1-3-5-30)35-17-29(12-14-32(35)38)57-21-27(49)22-57/h1-9,11-14,16-18,26-27H,10,15,19-23H2,(H2-,53,54,55,59,60). The molecule has 1 unspecified atom stereocenters. The molecule has 320 valence electrons. The van der Waals surface area contributed by atoms with Crippen molar-refractivity contribution in [3.05, 3.63) is 164 Å². The normalized spacial score (nSPS) is 19.2. The zero-order valence-corrected chi connectivity index (χ0v) is 34.6. The van der Waals surface area contributed by atoms with Crippen LogP contribution < -0.4 is 31.1 Å². The van der Waals surface area contributed by atoms with Gasteiger partial charge in [0.05, 0.1) is 24.6 Å². The predicted molar refractivity (Wildman–Crippen MR) is 226 cm³/mol. The number of anilines is 2. The number of aromatic carboxylic acids is 1. The van der Waals surface area contributed by atoms with Gasteiger partial charge in [-0.1, -0.05) is 72.3 Å². The number of benzene rings is 4. The summed E-state index contributed by atoms with van der Waals surface area (Å²) in [6.07, 6.45) is 1.77. The molecule has 1 atom stereocenters. The summed E-state index contributed by atoms with van der Waals surface area (Å²) < 4.78 is 101. The summed E-state index contributed by atoms with van der Waals surface area (Å²) in [5.41, 5.74) is 3.78. The van der Waals surface area contributed by atoms with Crippen LogP contribution in [0.1, 0.15) is 49.4 Å². The number of Topliss-reactive ketones (excluding diaryl/α,β-unsaturated/α-hetero) is 1. The Kier molecular flexibility index (Phi) is 10.9. The highest BCUT2D eigenvalue weighted by Crippen LogP contribution is 2.62. The van der Waals surface area contributed by atoms with Crippen molar-refractivity contribution in [3.8, 4) is 5.88 Å². The number of allylic oxidation sites excluding steroid dienone is 5. The molecule has 9 rings (SSSR count). The van der Waals surface area contributed by atoms with Crippen LogP contribution in [0.15, 0.2) is 108 Å². The number of carboxylic acids is 1. The average Bonchev–Trinajstić information content (AvgIpc) is 3.24. The summed E-state index contributed by atoms with van der Waals surface area (Å²) in [5.74, 6) is -9.03. The Balaban J connectivity index is 1.15. The number of nitrogens with zero attached hydrogens (tertiary/aromatic N) is 4. The number of nitrogens with two attached hydrogens (primary N) is 1. The number of carboxylic acid groups (broad SMARTS) is 1. The first-order valence-electron chi connectivity index (χ1n) is 19.8. The number of hydrogen-bond acceptors (Lipinski definition) is 9. The minimum absolute atomic E-state index is 0.0115. The Hall–Kier alpha value is -6.44. The number of fused-ring (bicyclic) bond motifs is 2. The van der Waals surface area contributed by atoms with Gasteiger partial charge in [-0.05, 0) is 46.9 Å². The molecule has 0 bridgehead atoms. The van der Waals surface area contributed by atoms with Crippen LogP contribution in [0.25, 0.3) is 5.57 Å². The Morgan fingerprint density at radius 3 is 2.25 bits per heavy atom. The van der Waals surface area contributed by atoms with Crippen molar-refractivity contribution in [1.82, 2.24) is 9.97 Å². The SMILES string of the molecule is Nc1nc(Cl)cc(OCc2ccc(CCC(=O)c3c(F)c(F)c(C(=O)[O-])c(C4=C5C=CC(=[N+]6CC(F)C6)C=C5P(=O)(c5ccccc5)c5cc(N6CC(F)C6)ccc54)c3F)cc2)n1. The second-order valence-corrected chi connectivity index (χ2v) is 18.6. The molecule has 4 heterocycles. The van der Waals surface area contributed by atoms with Gasteiger partial charge in [0.25, 0.3) is 0 Å². The van der Waals surface area contributed by atoms with Crippen LogP contribution in [-0.4, -0.2) is 70.5 Å². The summed E-state index contributed by atoms with van der Waals surface area (Å²) >= 11 is 5.91. The lowest BCUT2D eigenvalue weighted by Gasteiger charge is -2.39. The van der Waals surface area contributed by atoms with Crippen molar-refractivity contribution < 1.29 is 50.5 Å². The van der Waals surface area contributed by atoms with E-state index in [1.807, 2.05) is 0 Å². The molecule has 2 fully saturated rings. The molecule has 3 aliphatic heterocycles. The highest BCUT2D eigenvalue weighted by molar-refractivity contribution is 7.83. The molecule has 0 spiro atoms. The van der Waals surface area contributed by atoms with E-state index in [9.17, 15) is 23.5 Å². The topological polar surface area (TPSA) is 142 Å². The third-order valence-electron chi connectivity index (χ3n) is 11.5. The highest BCUT2D eigenvalue weighted by Gasteiger charge is 2.46. The van der Waals surface area contributed by atoms with Crippen molar-refractivity contribution >= 4 is 64.0 Å². The molecule has 1 aromatic heterocycles. The zero-order valence-electron chi connectivity index (χ0n) is 33.0. The second kappa shape index (κ2) is 16.4. The lowest BCUT2D eigenvalue weighted by atomic mass is 9.84. The third kappa shape index (κ3) is 7.52. The van der Waals surface area contributed by atoms with Gasteiger partial charge in [-0.3, -0.25) is 4.79 Å². The molecule has 1 aliphatic carbocycles. The van der Waals surface area contributed by atoms with E-state index in [4.69, 9.17) is 22.1 Å². The van der Waals surface area contributed by atoms with Gasteiger partial charge in [-0.25, -0.2) is 31.5 Å². The first kappa shape index (κ1) is 41.9. The van der Waals surface area contributed by atoms with E-state index in [1.165, 1.54) is 18.2 Å². The largest absolute Gasteiger partial charge is 0.545 e. The molecule has 17 heteroatoms. The minimum Gasteiger partial charge on any atom is -0.545 e. The van der Waals surface area contributed by atoms with E-state index in [-0.39, 0.29) is 83.5 Å². The van der Waals surface area contributed by atoms with E-state index >= 15 is 17.7 Å². The van der Waals surface area contributed by atoms with Crippen molar-refractivity contribution in [2.45, 2.75) is 31.8 Å².